The molecule has 1 saturated heterocycles. The maximum Gasteiger partial charge on any atom is 0.162 e. The Morgan fingerprint density at radius 2 is 1.96 bits per heavy atom. The number of aliphatic hydroxyl groups excluding tert-OH is 1. The van der Waals surface area contributed by atoms with Crippen LogP contribution in [0.3, 0.4) is 0 Å². The Labute approximate surface area is 138 Å². The number of benzene rings is 1. The van der Waals surface area contributed by atoms with Crippen LogP contribution in [0.1, 0.15) is 25.7 Å². The van der Waals surface area contributed by atoms with Gasteiger partial charge in [-0.15, -0.1) is 0 Å². The summed E-state index contributed by atoms with van der Waals surface area (Å²) in [4.78, 5) is 2.31. The topological polar surface area (TPSA) is 68.0 Å². The first-order valence-corrected chi connectivity index (χ1v) is 8.51. The summed E-state index contributed by atoms with van der Waals surface area (Å²) >= 11 is 0. The second-order valence-corrected chi connectivity index (χ2v) is 6.95. The molecule has 1 saturated carbocycles. The van der Waals surface area contributed by atoms with Gasteiger partial charge >= 0.3 is 0 Å². The molecule has 3 atom stereocenters. The van der Waals surface area contributed by atoms with Crippen LogP contribution in [0.4, 0.5) is 5.69 Å². The molecule has 1 aliphatic heterocycles. The summed E-state index contributed by atoms with van der Waals surface area (Å²) in [6.07, 6.45) is 4.06. The van der Waals surface area contributed by atoms with Gasteiger partial charge in [-0.1, -0.05) is 0 Å². The summed E-state index contributed by atoms with van der Waals surface area (Å²) in [6, 6.07) is 6.13. The fourth-order valence-corrected chi connectivity index (χ4v) is 3.66. The number of piperidine rings is 1. The zero-order chi connectivity index (χ0) is 16.4. The van der Waals surface area contributed by atoms with Gasteiger partial charge in [0.1, 0.15) is 0 Å². The summed E-state index contributed by atoms with van der Waals surface area (Å²) in [6.45, 7) is 1.78. The lowest BCUT2D eigenvalue weighted by atomic mass is 9.88. The van der Waals surface area contributed by atoms with Crippen molar-refractivity contribution < 1.29 is 14.6 Å². The number of methoxy groups -OCH3 is 2. The number of ether oxygens (including phenoxy) is 2. The Morgan fingerprint density at radius 3 is 2.61 bits per heavy atom. The quantitative estimate of drug-likeness (QED) is 0.839. The number of anilines is 1. The van der Waals surface area contributed by atoms with Crippen molar-refractivity contribution in [1.82, 2.24) is 0 Å². The zero-order valence-electron chi connectivity index (χ0n) is 14.1. The highest BCUT2D eigenvalue weighted by Crippen LogP contribution is 2.37. The molecule has 128 valence electrons. The van der Waals surface area contributed by atoms with E-state index in [-0.39, 0.29) is 12.1 Å². The number of rotatable bonds is 6. The Kier molecular flexibility index (Phi) is 4.97. The van der Waals surface area contributed by atoms with Gasteiger partial charge in [0.2, 0.25) is 0 Å². The van der Waals surface area contributed by atoms with Crippen molar-refractivity contribution in [2.45, 2.75) is 37.8 Å². The molecular weight excluding hydrogens is 292 g/mol. The monoisotopic (exact) mass is 320 g/mol. The minimum atomic E-state index is -0.155. The minimum absolute atomic E-state index is 0.147. The number of nitrogens with two attached hydrogens (primary N) is 1. The Hall–Kier alpha value is -1.46. The molecule has 2 aliphatic rings. The molecular formula is C18H28N2O3. The van der Waals surface area contributed by atoms with Crippen molar-refractivity contribution >= 4 is 5.69 Å². The van der Waals surface area contributed by atoms with Gasteiger partial charge in [-0.05, 0) is 49.7 Å². The van der Waals surface area contributed by atoms with E-state index < -0.39 is 0 Å². The Morgan fingerprint density at radius 1 is 1.22 bits per heavy atom. The minimum Gasteiger partial charge on any atom is -0.493 e. The largest absolute Gasteiger partial charge is 0.493 e. The van der Waals surface area contributed by atoms with Crippen LogP contribution in [0, 0.1) is 11.8 Å². The molecule has 2 fully saturated rings. The van der Waals surface area contributed by atoms with E-state index in [0.29, 0.717) is 11.8 Å². The van der Waals surface area contributed by atoms with Crippen LogP contribution in [-0.4, -0.2) is 44.6 Å². The standard InChI is InChI=1S/C18H28N2O3/c1-22-17-6-5-15(9-18(17)23-2)20-10-12(7-14(19)11-20)8-16(21)13-3-4-13/h5-6,9,12-14,16,21H,3-4,7-8,10-11,19H2,1-2H3. The third kappa shape index (κ3) is 3.90. The highest BCUT2D eigenvalue weighted by Gasteiger charge is 2.34. The molecule has 3 rings (SSSR count). The highest BCUT2D eigenvalue weighted by atomic mass is 16.5. The molecule has 3 unspecified atom stereocenters. The Balaban J connectivity index is 1.70. The van der Waals surface area contributed by atoms with Crippen molar-refractivity contribution in [2.75, 3.05) is 32.2 Å². The number of nitrogens with zero attached hydrogens (tertiary/aromatic N) is 1. The number of hydrogen-bond donors (Lipinski definition) is 2. The van der Waals surface area contributed by atoms with Crippen molar-refractivity contribution in [3.63, 3.8) is 0 Å². The maximum absolute atomic E-state index is 10.2. The van der Waals surface area contributed by atoms with Gasteiger partial charge in [0.05, 0.1) is 20.3 Å². The van der Waals surface area contributed by atoms with Gasteiger partial charge in [-0.3, -0.25) is 0 Å². The zero-order valence-corrected chi connectivity index (χ0v) is 14.1. The summed E-state index contributed by atoms with van der Waals surface area (Å²) in [5.41, 5.74) is 7.37. The molecule has 0 aromatic heterocycles. The van der Waals surface area contributed by atoms with E-state index in [1.54, 1.807) is 14.2 Å². The first kappa shape index (κ1) is 16.4. The highest BCUT2D eigenvalue weighted by molar-refractivity contribution is 5.56. The summed E-state index contributed by atoms with van der Waals surface area (Å²) in [7, 11) is 3.29. The van der Waals surface area contributed by atoms with Crippen molar-refractivity contribution in [2.24, 2.45) is 17.6 Å². The molecule has 0 radical (unpaired) electrons. The predicted octanol–water partition coefficient (Wildman–Crippen LogP) is 2.02. The first-order valence-electron chi connectivity index (χ1n) is 8.51. The van der Waals surface area contributed by atoms with Crippen LogP contribution >= 0.6 is 0 Å². The molecule has 0 bridgehead atoms. The lowest BCUT2D eigenvalue weighted by Crippen LogP contribution is -2.47. The van der Waals surface area contributed by atoms with Crippen molar-refractivity contribution in [3.05, 3.63) is 18.2 Å². The van der Waals surface area contributed by atoms with E-state index in [2.05, 4.69) is 4.90 Å². The second kappa shape index (κ2) is 6.97. The SMILES string of the molecule is COc1ccc(N2CC(N)CC(CC(O)C3CC3)C2)cc1OC. The molecule has 1 aromatic carbocycles. The molecule has 3 N–H and O–H groups in total. The average Bonchev–Trinajstić information content (AvgIpc) is 3.38. The third-order valence-corrected chi connectivity index (χ3v) is 5.04. The van der Waals surface area contributed by atoms with E-state index in [1.807, 2.05) is 18.2 Å². The smallest absolute Gasteiger partial charge is 0.162 e. The normalized spacial score (nSPS) is 26.0. The van der Waals surface area contributed by atoms with Crippen LogP contribution in [0.15, 0.2) is 18.2 Å². The van der Waals surface area contributed by atoms with E-state index in [4.69, 9.17) is 15.2 Å². The molecule has 0 spiro atoms. The van der Waals surface area contributed by atoms with Crippen LogP contribution in [0.25, 0.3) is 0 Å². The molecule has 5 nitrogen and oxygen atoms in total. The van der Waals surface area contributed by atoms with Gasteiger partial charge in [0.15, 0.2) is 11.5 Å². The van der Waals surface area contributed by atoms with E-state index in [1.165, 1.54) is 12.8 Å². The summed E-state index contributed by atoms with van der Waals surface area (Å²) < 4.78 is 10.7. The molecule has 23 heavy (non-hydrogen) atoms. The molecule has 5 heteroatoms. The second-order valence-electron chi connectivity index (χ2n) is 6.95. The number of hydrogen-bond acceptors (Lipinski definition) is 5. The van der Waals surface area contributed by atoms with E-state index in [0.717, 1.165) is 43.1 Å². The van der Waals surface area contributed by atoms with E-state index in [9.17, 15) is 5.11 Å². The van der Waals surface area contributed by atoms with Gasteiger partial charge in [0, 0.05) is 30.9 Å². The van der Waals surface area contributed by atoms with Gasteiger partial charge in [-0.2, -0.15) is 0 Å². The van der Waals surface area contributed by atoms with Crippen molar-refractivity contribution in [1.29, 1.82) is 0 Å². The lowest BCUT2D eigenvalue weighted by Gasteiger charge is -2.38. The predicted molar refractivity (Wildman–Crippen MR) is 91.2 cm³/mol. The fourth-order valence-electron chi connectivity index (χ4n) is 3.66. The summed E-state index contributed by atoms with van der Waals surface area (Å²) in [5.74, 6) is 2.45. The maximum atomic E-state index is 10.2. The average molecular weight is 320 g/mol. The summed E-state index contributed by atoms with van der Waals surface area (Å²) in [5, 5.41) is 10.2. The van der Waals surface area contributed by atoms with Gasteiger partial charge in [0.25, 0.3) is 0 Å². The molecule has 1 aromatic rings. The molecule has 0 amide bonds. The van der Waals surface area contributed by atoms with Crippen LogP contribution < -0.4 is 20.1 Å². The first-order chi connectivity index (χ1) is 11.1. The third-order valence-electron chi connectivity index (χ3n) is 5.04. The molecule has 1 heterocycles. The number of aliphatic hydroxyl groups is 1. The fraction of sp³-hybridized carbons (Fsp3) is 0.667. The van der Waals surface area contributed by atoms with Crippen LogP contribution in [0.5, 0.6) is 11.5 Å². The Bertz CT molecular complexity index is 533. The lowest BCUT2D eigenvalue weighted by molar-refractivity contribution is 0.114. The van der Waals surface area contributed by atoms with Crippen molar-refractivity contribution in [3.8, 4) is 11.5 Å². The van der Waals surface area contributed by atoms with E-state index >= 15 is 0 Å². The van der Waals surface area contributed by atoms with Crippen LogP contribution in [-0.2, 0) is 0 Å². The van der Waals surface area contributed by atoms with Crippen LogP contribution in [0.2, 0.25) is 0 Å². The van der Waals surface area contributed by atoms with Gasteiger partial charge < -0.3 is 25.2 Å². The van der Waals surface area contributed by atoms with Gasteiger partial charge in [-0.25, -0.2) is 0 Å². The molecule has 1 aliphatic carbocycles.